The van der Waals surface area contributed by atoms with Gasteiger partial charge >= 0.3 is 0 Å². The molecule has 0 spiro atoms. The third kappa shape index (κ3) is 2.36. The van der Waals surface area contributed by atoms with Crippen LogP contribution in [0.3, 0.4) is 0 Å². The average molecular weight is 278 g/mol. The van der Waals surface area contributed by atoms with Crippen molar-refractivity contribution in [2.45, 2.75) is 37.5 Å². The minimum atomic E-state index is 0.624. The number of anilines is 1. The molecular weight excluding hydrogens is 260 g/mol. The number of nitrogens with one attached hydrogen (secondary N) is 1. The molecular formula is C14H18N2S2. The standard InChI is InChI=1S/C14H18N2S2/c1-2-17-13-9-5-8-12(13)15-14-10-6-3-4-7-11(10)16-18-14/h3-4,6-7,12-13,15H,2,5,8-9H2,1H3. The lowest BCUT2D eigenvalue weighted by Gasteiger charge is -2.20. The molecule has 2 nitrogen and oxygen atoms in total. The summed E-state index contributed by atoms with van der Waals surface area (Å²) in [5, 5.41) is 7.03. The zero-order valence-corrected chi connectivity index (χ0v) is 12.2. The van der Waals surface area contributed by atoms with Crippen LogP contribution in [0.5, 0.6) is 0 Å². The zero-order valence-electron chi connectivity index (χ0n) is 10.6. The average Bonchev–Trinajstić information content (AvgIpc) is 2.99. The maximum Gasteiger partial charge on any atom is 0.117 e. The van der Waals surface area contributed by atoms with Gasteiger partial charge in [0, 0.05) is 16.7 Å². The Kier molecular flexibility index (Phi) is 3.75. The summed E-state index contributed by atoms with van der Waals surface area (Å²) in [4.78, 5) is 0. The first kappa shape index (κ1) is 12.3. The third-order valence-corrected chi connectivity index (χ3v) is 5.67. The highest BCUT2D eigenvalue weighted by Crippen LogP contribution is 2.35. The van der Waals surface area contributed by atoms with E-state index in [0.717, 1.165) is 10.8 Å². The van der Waals surface area contributed by atoms with Crippen molar-refractivity contribution in [3.05, 3.63) is 24.3 Å². The first-order valence-corrected chi connectivity index (χ1v) is 8.43. The molecule has 2 aromatic rings. The minimum absolute atomic E-state index is 0.624. The first-order chi connectivity index (χ1) is 8.88. The summed E-state index contributed by atoms with van der Waals surface area (Å²) in [6, 6.07) is 9.02. The summed E-state index contributed by atoms with van der Waals surface area (Å²) in [7, 11) is 0. The van der Waals surface area contributed by atoms with E-state index in [1.165, 1.54) is 35.4 Å². The maximum absolute atomic E-state index is 4.50. The van der Waals surface area contributed by atoms with Gasteiger partial charge in [0.1, 0.15) is 5.00 Å². The number of fused-ring (bicyclic) bond motifs is 1. The summed E-state index contributed by atoms with van der Waals surface area (Å²) in [6.45, 7) is 2.25. The van der Waals surface area contributed by atoms with Gasteiger partial charge in [-0.2, -0.15) is 16.1 Å². The van der Waals surface area contributed by atoms with Gasteiger partial charge in [-0.25, -0.2) is 0 Å². The number of thioether (sulfide) groups is 1. The number of hydrogen-bond donors (Lipinski definition) is 1. The number of benzene rings is 1. The molecule has 0 amide bonds. The van der Waals surface area contributed by atoms with E-state index < -0.39 is 0 Å². The van der Waals surface area contributed by atoms with Gasteiger partial charge in [0.2, 0.25) is 0 Å². The molecule has 2 unspecified atom stereocenters. The fraction of sp³-hybridized carbons (Fsp3) is 0.500. The lowest BCUT2D eigenvalue weighted by Crippen LogP contribution is -2.25. The topological polar surface area (TPSA) is 24.9 Å². The largest absolute Gasteiger partial charge is 0.371 e. The summed E-state index contributed by atoms with van der Waals surface area (Å²) in [5.74, 6) is 1.21. The molecule has 1 saturated carbocycles. The molecule has 18 heavy (non-hydrogen) atoms. The van der Waals surface area contributed by atoms with Crippen molar-refractivity contribution in [1.82, 2.24) is 4.37 Å². The van der Waals surface area contributed by atoms with Gasteiger partial charge < -0.3 is 5.32 Å². The number of hydrogen-bond acceptors (Lipinski definition) is 4. The van der Waals surface area contributed by atoms with Gasteiger partial charge in [-0.05, 0) is 42.3 Å². The minimum Gasteiger partial charge on any atom is -0.371 e. The number of nitrogens with zero attached hydrogens (tertiary/aromatic N) is 1. The predicted molar refractivity (Wildman–Crippen MR) is 82.8 cm³/mol. The van der Waals surface area contributed by atoms with Crippen molar-refractivity contribution in [2.75, 3.05) is 11.1 Å². The molecule has 1 N–H and O–H groups in total. The summed E-state index contributed by atoms with van der Waals surface area (Å²) in [5.41, 5.74) is 1.11. The fourth-order valence-corrected chi connectivity index (χ4v) is 4.69. The van der Waals surface area contributed by atoms with Crippen LogP contribution < -0.4 is 5.32 Å². The van der Waals surface area contributed by atoms with Crippen molar-refractivity contribution in [2.24, 2.45) is 0 Å². The molecule has 0 bridgehead atoms. The van der Waals surface area contributed by atoms with E-state index in [2.05, 4.69) is 52.6 Å². The van der Waals surface area contributed by atoms with E-state index >= 15 is 0 Å². The van der Waals surface area contributed by atoms with Gasteiger partial charge in [-0.1, -0.05) is 25.5 Å². The Bertz CT molecular complexity index is 523. The van der Waals surface area contributed by atoms with Crippen molar-refractivity contribution >= 4 is 39.2 Å². The smallest absolute Gasteiger partial charge is 0.117 e. The highest BCUT2D eigenvalue weighted by molar-refractivity contribution is 7.99. The van der Waals surface area contributed by atoms with Gasteiger partial charge in [-0.15, -0.1) is 0 Å². The SMILES string of the molecule is CCSC1CCCC1Nc1snc2ccccc12. The van der Waals surface area contributed by atoms with E-state index in [0.29, 0.717) is 6.04 Å². The lowest BCUT2D eigenvalue weighted by molar-refractivity contribution is 0.771. The van der Waals surface area contributed by atoms with Crippen molar-refractivity contribution in [3.63, 3.8) is 0 Å². The number of aromatic nitrogens is 1. The third-order valence-electron chi connectivity index (χ3n) is 3.53. The van der Waals surface area contributed by atoms with Crippen LogP contribution in [0, 0.1) is 0 Å². The molecule has 3 rings (SSSR count). The molecule has 1 aliphatic carbocycles. The van der Waals surface area contributed by atoms with Gasteiger partial charge in [0.05, 0.1) is 5.52 Å². The van der Waals surface area contributed by atoms with Crippen LogP contribution in [0.2, 0.25) is 0 Å². The second kappa shape index (κ2) is 5.49. The Balaban J connectivity index is 1.79. The Morgan fingerprint density at radius 1 is 1.39 bits per heavy atom. The molecule has 1 fully saturated rings. The van der Waals surface area contributed by atoms with Gasteiger partial charge in [0.25, 0.3) is 0 Å². The molecule has 96 valence electrons. The zero-order chi connectivity index (χ0) is 12.4. The summed E-state index contributed by atoms with van der Waals surface area (Å²) >= 11 is 3.70. The summed E-state index contributed by atoms with van der Waals surface area (Å²) in [6.07, 6.45) is 4.00. The highest BCUT2D eigenvalue weighted by atomic mass is 32.2. The van der Waals surface area contributed by atoms with Crippen molar-refractivity contribution in [1.29, 1.82) is 0 Å². The highest BCUT2D eigenvalue weighted by Gasteiger charge is 2.27. The van der Waals surface area contributed by atoms with Gasteiger partial charge in [0.15, 0.2) is 0 Å². The lowest BCUT2D eigenvalue weighted by atomic mass is 10.2. The van der Waals surface area contributed by atoms with Crippen LogP contribution >= 0.6 is 23.3 Å². The van der Waals surface area contributed by atoms with Crippen LogP contribution in [-0.4, -0.2) is 21.4 Å². The van der Waals surface area contributed by atoms with E-state index in [-0.39, 0.29) is 0 Å². The molecule has 0 aliphatic heterocycles. The van der Waals surface area contributed by atoms with Crippen molar-refractivity contribution in [3.8, 4) is 0 Å². The predicted octanol–water partition coefficient (Wildman–Crippen LogP) is 4.38. The van der Waals surface area contributed by atoms with E-state index in [1.54, 1.807) is 11.5 Å². The quantitative estimate of drug-likeness (QED) is 0.898. The van der Waals surface area contributed by atoms with E-state index in [4.69, 9.17) is 0 Å². The fourth-order valence-electron chi connectivity index (χ4n) is 2.67. The summed E-state index contributed by atoms with van der Waals surface area (Å²) < 4.78 is 4.50. The Morgan fingerprint density at radius 2 is 2.28 bits per heavy atom. The van der Waals surface area contributed by atoms with E-state index in [1.807, 2.05) is 0 Å². The first-order valence-electron chi connectivity index (χ1n) is 6.61. The van der Waals surface area contributed by atoms with Crippen LogP contribution in [0.1, 0.15) is 26.2 Å². The van der Waals surface area contributed by atoms with Crippen LogP contribution in [0.25, 0.3) is 10.9 Å². The molecule has 2 atom stereocenters. The van der Waals surface area contributed by atoms with E-state index in [9.17, 15) is 0 Å². The Hall–Kier alpha value is -0.740. The van der Waals surface area contributed by atoms with Crippen LogP contribution in [0.15, 0.2) is 24.3 Å². The van der Waals surface area contributed by atoms with Gasteiger partial charge in [-0.3, -0.25) is 0 Å². The molecule has 1 aliphatic rings. The van der Waals surface area contributed by atoms with Crippen LogP contribution in [-0.2, 0) is 0 Å². The molecule has 1 heterocycles. The number of rotatable bonds is 4. The molecule has 4 heteroatoms. The normalized spacial score (nSPS) is 23.6. The van der Waals surface area contributed by atoms with Crippen LogP contribution in [0.4, 0.5) is 5.00 Å². The molecule has 0 radical (unpaired) electrons. The second-order valence-electron chi connectivity index (χ2n) is 4.70. The Labute approximate surface area is 116 Å². The Morgan fingerprint density at radius 3 is 3.17 bits per heavy atom. The molecule has 1 aromatic heterocycles. The maximum atomic E-state index is 4.50. The molecule has 1 aromatic carbocycles. The second-order valence-corrected chi connectivity index (χ2v) is 6.99. The monoisotopic (exact) mass is 278 g/mol. The van der Waals surface area contributed by atoms with Crippen molar-refractivity contribution < 1.29 is 0 Å². The molecule has 0 saturated heterocycles.